The Morgan fingerprint density at radius 1 is 1.00 bits per heavy atom. The number of nitrogens with one attached hydrogen (secondary N) is 2. The predicted molar refractivity (Wildman–Crippen MR) is 117 cm³/mol. The summed E-state index contributed by atoms with van der Waals surface area (Å²) in [5.74, 6) is -0.483. The van der Waals surface area contributed by atoms with Crippen LogP contribution < -0.4 is 16.4 Å². The average Bonchev–Trinajstić information content (AvgIpc) is 2.66. The molecular weight excluding hydrogens is 397 g/mol. The second-order valence-corrected chi connectivity index (χ2v) is 7.44. The summed E-state index contributed by atoms with van der Waals surface area (Å²) in [5.41, 5.74) is 8.51. The largest absolute Gasteiger partial charge is 0.399 e. The Labute approximate surface area is 176 Å². The number of hydrogen-bond donors (Lipinski definition) is 3. The van der Waals surface area contributed by atoms with Crippen LogP contribution in [0.25, 0.3) is 0 Å². The van der Waals surface area contributed by atoms with Crippen LogP contribution in [0.3, 0.4) is 0 Å². The van der Waals surface area contributed by atoms with Gasteiger partial charge in [-0.1, -0.05) is 36.9 Å². The van der Waals surface area contributed by atoms with Gasteiger partial charge < -0.3 is 16.4 Å². The Bertz CT molecular complexity index is 865. The molecule has 150 valence electrons. The van der Waals surface area contributed by atoms with Crippen molar-refractivity contribution in [2.24, 2.45) is 0 Å². The minimum atomic E-state index is -0.277. The normalized spacial score (nSPS) is 14.1. The van der Waals surface area contributed by atoms with Crippen LogP contribution in [0, 0.1) is 6.92 Å². The topological polar surface area (TPSA) is 84.2 Å². The molecule has 0 aliphatic heterocycles. The highest BCUT2D eigenvalue weighted by atomic mass is 35.5. The Morgan fingerprint density at radius 2 is 1.71 bits per heavy atom. The third-order valence-electron chi connectivity index (χ3n) is 4.92. The Morgan fingerprint density at radius 3 is 2.43 bits per heavy atom. The van der Waals surface area contributed by atoms with Crippen LogP contribution in [-0.4, -0.2) is 17.9 Å². The molecular formula is C21H25Cl2N3O2. The zero-order valence-corrected chi connectivity index (χ0v) is 17.3. The molecule has 0 saturated heterocycles. The van der Waals surface area contributed by atoms with E-state index in [1.807, 2.05) is 6.92 Å². The number of amides is 2. The van der Waals surface area contributed by atoms with Gasteiger partial charge >= 0.3 is 0 Å². The molecule has 4 N–H and O–H groups in total. The molecule has 28 heavy (non-hydrogen) atoms. The van der Waals surface area contributed by atoms with Crippen molar-refractivity contribution in [3.8, 4) is 0 Å². The van der Waals surface area contributed by atoms with Gasteiger partial charge in [-0.25, -0.2) is 0 Å². The molecule has 3 rings (SSSR count). The zero-order valence-electron chi connectivity index (χ0n) is 15.8. The smallest absolute Gasteiger partial charge is 0.256 e. The Kier molecular flexibility index (Phi) is 7.72. The summed E-state index contributed by atoms with van der Waals surface area (Å²) in [6.07, 6.45) is 5.48. The van der Waals surface area contributed by atoms with E-state index in [1.165, 1.54) is 6.42 Å². The van der Waals surface area contributed by atoms with Crippen LogP contribution in [0.5, 0.6) is 0 Å². The summed E-state index contributed by atoms with van der Waals surface area (Å²) in [7, 11) is 0. The van der Waals surface area contributed by atoms with Gasteiger partial charge in [0.05, 0.1) is 10.6 Å². The molecule has 1 aliphatic carbocycles. The first-order valence-corrected chi connectivity index (χ1v) is 9.60. The third kappa shape index (κ3) is 5.40. The number of anilines is 2. The summed E-state index contributed by atoms with van der Waals surface area (Å²) in [6.45, 7) is 1.85. The van der Waals surface area contributed by atoms with Gasteiger partial charge in [0.15, 0.2) is 0 Å². The number of rotatable bonds is 4. The lowest BCUT2D eigenvalue weighted by Gasteiger charge is -2.23. The number of carbonyl (C=O) groups excluding carboxylic acids is 2. The van der Waals surface area contributed by atoms with Crippen molar-refractivity contribution in [1.29, 1.82) is 0 Å². The van der Waals surface area contributed by atoms with E-state index < -0.39 is 0 Å². The maximum Gasteiger partial charge on any atom is 0.256 e. The van der Waals surface area contributed by atoms with Gasteiger partial charge in [0.2, 0.25) is 0 Å². The zero-order chi connectivity index (χ0) is 19.4. The van der Waals surface area contributed by atoms with Crippen molar-refractivity contribution in [3.05, 3.63) is 58.1 Å². The average molecular weight is 422 g/mol. The summed E-state index contributed by atoms with van der Waals surface area (Å²) in [6, 6.07) is 10.3. The first-order chi connectivity index (χ1) is 12.9. The number of nitrogen functional groups attached to an aromatic ring is 1. The van der Waals surface area contributed by atoms with Gasteiger partial charge in [-0.3, -0.25) is 9.59 Å². The van der Waals surface area contributed by atoms with E-state index in [0.29, 0.717) is 27.5 Å². The summed E-state index contributed by atoms with van der Waals surface area (Å²) in [5, 5.41) is 6.23. The monoisotopic (exact) mass is 421 g/mol. The van der Waals surface area contributed by atoms with E-state index in [4.69, 9.17) is 17.3 Å². The fourth-order valence-electron chi connectivity index (χ4n) is 3.37. The number of hydrogen-bond acceptors (Lipinski definition) is 3. The molecule has 2 aromatic rings. The minimum Gasteiger partial charge on any atom is -0.399 e. The lowest BCUT2D eigenvalue weighted by molar-refractivity contribution is 0.0926. The van der Waals surface area contributed by atoms with Crippen molar-refractivity contribution in [1.82, 2.24) is 5.32 Å². The van der Waals surface area contributed by atoms with Crippen LogP contribution in [0.1, 0.15) is 58.4 Å². The SMILES string of the molecule is Cc1ccc(N)cc1C(=O)Nc1ccc(Cl)c(C(=O)NC2CCCCC2)c1.Cl. The lowest BCUT2D eigenvalue weighted by atomic mass is 9.95. The second-order valence-electron chi connectivity index (χ2n) is 7.03. The maximum absolute atomic E-state index is 12.6. The Hall–Kier alpha value is -2.24. The molecule has 0 aromatic heterocycles. The molecule has 0 atom stereocenters. The first-order valence-electron chi connectivity index (χ1n) is 9.22. The Balaban J connectivity index is 0.00000280. The molecule has 0 radical (unpaired) electrons. The van der Waals surface area contributed by atoms with E-state index >= 15 is 0 Å². The molecule has 0 bridgehead atoms. The molecule has 2 amide bonds. The highest BCUT2D eigenvalue weighted by molar-refractivity contribution is 6.34. The molecule has 0 heterocycles. The summed E-state index contributed by atoms with van der Waals surface area (Å²) >= 11 is 6.22. The van der Waals surface area contributed by atoms with E-state index in [-0.39, 0.29) is 30.3 Å². The van der Waals surface area contributed by atoms with Crippen molar-refractivity contribution in [2.45, 2.75) is 45.1 Å². The number of halogens is 2. The molecule has 5 nitrogen and oxygen atoms in total. The molecule has 0 spiro atoms. The van der Waals surface area contributed by atoms with Gasteiger partial charge in [-0.05, 0) is 55.7 Å². The van der Waals surface area contributed by atoms with Crippen LogP contribution in [0.4, 0.5) is 11.4 Å². The molecule has 0 unspecified atom stereocenters. The van der Waals surface area contributed by atoms with Crippen LogP contribution >= 0.6 is 24.0 Å². The molecule has 2 aromatic carbocycles. The first kappa shape index (κ1) is 22.1. The highest BCUT2D eigenvalue weighted by Crippen LogP contribution is 2.23. The number of aryl methyl sites for hydroxylation is 1. The van der Waals surface area contributed by atoms with E-state index in [0.717, 1.165) is 31.2 Å². The van der Waals surface area contributed by atoms with Crippen molar-refractivity contribution >= 4 is 47.2 Å². The highest BCUT2D eigenvalue weighted by Gasteiger charge is 2.19. The van der Waals surface area contributed by atoms with Gasteiger partial charge in [0, 0.05) is 23.0 Å². The van der Waals surface area contributed by atoms with Crippen molar-refractivity contribution < 1.29 is 9.59 Å². The van der Waals surface area contributed by atoms with Crippen LogP contribution in [0.15, 0.2) is 36.4 Å². The quantitative estimate of drug-likeness (QED) is 0.609. The standard InChI is InChI=1S/C21H24ClN3O2.ClH/c1-13-7-8-14(23)11-17(13)20(26)25-16-9-10-19(22)18(12-16)21(27)24-15-5-3-2-4-6-15;/h7-12,15H,2-6,23H2,1H3,(H,24,27)(H,25,26);1H. The summed E-state index contributed by atoms with van der Waals surface area (Å²) in [4.78, 5) is 25.2. The van der Waals surface area contributed by atoms with Gasteiger partial charge in [0.1, 0.15) is 0 Å². The number of carbonyl (C=O) groups is 2. The molecule has 1 fully saturated rings. The van der Waals surface area contributed by atoms with Gasteiger partial charge in [0.25, 0.3) is 11.8 Å². The van der Waals surface area contributed by atoms with E-state index in [1.54, 1.807) is 36.4 Å². The van der Waals surface area contributed by atoms with Crippen LogP contribution in [-0.2, 0) is 0 Å². The van der Waals surface area contributed by atoms with E-state index in [2.05, 4.69) is 10.6 Å². The third-order valence-corrected chi connectivity index (χ3v) is 5.25. The number of nitrogens with two attached hydrogens (primary N) is 1. The predicted octanol–water partition coefficient (Wildman–Crippen LogP) is 4.97. The lowest BCUT2D eigenvalue weighted by Crippen LogP contribution is -2.36. The molecule has 7 heteroatoms. The molecule has 1 saturated carbocycles. The summed E-state index contributed by atoms with van der Waals surface area (Å²) < 4.78 is 0. The number of benzene rings is 2. The van der Waals surface area contributed by atoms with Crippen molar-refractivity contribution in [3.63, 3.8) is 0 Å². The van der Waals surface area contributed by atoms with Crippen LogP contribution in [0.2, 0.25) is 5.02 Å². The molecule has 1 aliphatic rings. The second kappa shape index (κ2) is 9.80. The van der Waals surface area contributed by atoms with Crippen molar-refractivity contribution in [2.75, 3.05) is 11.1 Å². The van der Waals surface area contributed by atoms with Gasteiger partial charge in [-0.2, -0.15) is 0 Å². The fourth-order valence-corrected chi connectivity index (χ4v) is 3.57. The van der Waals surface area contributed by atoms with E-state index in [9.17, 15) is 9.59 Å². The minimum absolute atomic E-state index is 0. The fraction of sp³-hybridized carbons (Fsp3) is 0.333. The van der Waals surface area contributed by atoms with Gasteiger partial charge in [-0.15, -0.1) is 12.4 Å². The maximum atomic E-state index is 12.6.